The van der Waals surface area contributed by atoms with Gasteiger partial charge in [-0.2, -0.15) is 4.98 Å². The van der Waals surface area contributed by atoms with Crippen LogP contribution in [0.4, 0.5) is 0 Å². The SMILES string of the molecule is O=C(c1ccncc1)N1CCCC(n2cc(-c3nc(-c4ccccc4)no3)nn2)C1. The Morgan fingerprint density at radius 1 is 1.10 bits per heavy atom. The smallest absolute Gasteiger partial charge is 0.280 e. The monoisotopic (exact) mass is 401 g/mol. The molecule has 4 aromatic rings. The molecule has 1 atom stereocenters. The van der Waals surface area contributed by atoms with Crippen LogP contribution in [0.2, 0.25) is 0 Å². The van der Waals surface area contributed by atoms with E-state index in [0.29, 0.717) is 29.5 Å². The van der Waals surface area contributed by atoms with Gasteiger partial charge in [-0.1, -0.05) is 40.7 Å². The Kier molecular flexibility index (Phi) is 4.76. The van der Waals surface area contributed by atoms with E-state index in [1.54, 1.807) is 35.4 Å². The van der Waals surface area contributed by atoms with Gasteiger partial charge in [0.2, 0.25) is 5.82 Å². The predicted octanol–water partition coefficient (Wildman–Crippen LogP) is 2.87. The first-order valence-electron chi connectivity index (χ1n) is 9.78. The fourth-order valence-corrected chi connectivity index (χ4v) is 3.62. The van der Waals surface area contributed by atoms with Gasteiger partial charge >= 0.3 is 0 Å². The van der Waals surface area contributed by atoms with Crippen molar-refractivity contribution in [3.63, 3.8) is 0 Å². The van der Waals surface area contributed by atoms with Crippen LogP contribution in [-0.4, -0.2) is 54.0 Å². The quantitative estimate of drug-likeness (QED) is 0.518. The van der Waals surface area contributed by atoms with Crippen molar-refractivity contribution >= 4 is 5.91 Å². The van der Waals surface area contributed by atoms with Gasteiger partial charge in [0.25, 0.3) is 11.8 Å². The molecular weight excluding hydrogens is 382 g/mol. The van der Waals surface area contributed by atoms with Crippen LogP contribution in [0.3, 0.4) is 0 Å². The van der Waals surface area contributed by atoms with E-state index >= 15 is 0 Å². The van der Waals surface area contributed by atoms with Crippen molar-refractivity contribution in [2.24, 2.45) is 0 Å². The zero-order valence-corrected chi connectivity index (χ0v) is 16.1. The van der Waals surface area contributed by atoms with Crippen molar-refractivity contribution in [1.29, 1.82) is 0 Å². The van der Waals surface area contributed by atoms with Gasteiger partial charge in [0, 0.05) is 36.6 Å². The molecule has 30 heavy (non-hydrogen) atoms. The number of nitrogens with zero attached hydrogens (tertiary/aromatic N) is 7. The second-order valence-electron chi connectivity index (χ2n) is 7.16. The average molecular weight is 401 g/mol. The molecule has 0 spiro atoms. The maximum absolute atomic E-state index is 12.8. The van der Waals surface area contributed by atoms with E-state index < -0.39 is 0 Å². The molecule has 1 fully saturated rings. The number of amides is 1. The Balaban J connectivity index is 1.32. The highest BCUT2D eigenvalue weighted by molar-refractivity contribution is 5.94. The second kappa shape index (κ2) is 7.86. The standard InChI is InChI=1S/C21H19N7O2/c29-21(16-8-10-22-11-9-16)27-12-4-7-17(13-27)28-14-18(24-26-28)20-23-19(25-30-20)15-5-2-1-3-6-15/h1-3,5-6,8-11,14,17H,4,7,12-13H2. The van der Waals surface area contributed by atoms with E-state index in [-0.39, 0.29) is 11.9 Å². The van der Waals surface area contributed by atoms with Gasteiger partial charge in [-0.05, 0) is 25.0 Å². The number of rotatable bonds is 4. The van der Waals surface area contributed by atoms with Gasteiger partial charge in [0.1, 0.15) is 0 Å². The number of benzene rings is 1. The first kappa shape index (κ1) is 18.2. The molecule has 0 radical (unpaired) electrons. The zero-order valence-electron chi connectivity index (χ0n) is 16.1. The minimum absolute atomic E-state index is 0.00634. The topological polar surface area (TPSA) is 103 Å². The zero-order chi connectivity index (χ0) is 20.3. The number of likely N-dealkylation sites (tertiary alicyclic amines) is 1. The largest absolute Gasteiger partial charge is 0.336 e. The van der Waals surface area contributed by atoms with Crippen LogP contribution < -0.4 is 0 Å². The maximum Gasteiger partial charge on any atom is 0.280 e. The molecule has 1 aliphatic rings. The van der Waals surface area contributed by atoms with Crippen molar-refractivity contribution in [2.75, 3.05) is 13.1 Å². The van der Waals surface area contributed by atoms with Gasteiger partial charge in [-0.3, -0.25) is 9.78 Å². The van der Waals surface area contributed by atoms with Crippen LogP contribution in [-0.2, 0) is 0 Å². The summed E-state index contributed by atoms with van der Waals surface area (Å²) in [6.45, 7) is 1.30. The van der Waals surface area contributed by atoms with Crippen LogP contribution in [0.25, 0.3) is 23.0 Å². The summed E-state index contributed by atoms with van der Waals surface area (Å²) in [6, 6.07) is 13.1. The van der Waals surface area contributed by atoms with Gasteiger partial charge in [-0.15, -0.1) is 5.10 Å². The summed E-state index contributed by atoms with van der Waals surface area (Å²) < 4.78 is 7.16. The van der Waals surface area contributed by atoms with E-state index in [0.717, 1.165) is 24.9 Å². The third-order valence-electron chi connectivity index (χ3n) is 5.17. The highest BCUT2D eigenvalue weighted by Gasteiger charge is 2.27. The maximum atomic E-state index is 12.8. The molecule has 1 amide bonds. The summed E-state index contributed by atoms with van der Waals surface area (Å²) in [5.74, 6) is 0.833. The van der Waals surface area contributed by atoms with Crippen molar-refractivity contribution < 1.29 is 9.32 Å². The number of hydrogen-bond acceptors (Lipinski definition) is 7. The molecule has 1 aromatic carbocycles. The number of aromatic nitrogens is 6. The fourth-order valence-electron chi connectivity index (χ4n) is 3.62. The number of carbonyl (C=O) groups excluding carboxylic acids is 1. The average Bonchev–Trinajstić information content (AvgIpc) is 3.50. The van der Waals surface area contributed by atoms with E-state index in [1.807, 2.05) is 35.2 Å². The molecule has 150 valence electrons. The Bertz CT molecular complexity index is 1140. The second-order valence-corrected chi connectivity index (χ2v) is 7.16. The molecule has 0 N–H and O–H groups in total. The Hall–Kier alpha value is -3.88. The number of hydrogen-bond donors (Lipinski definition) is 0. The van der Waals surface area contributed by atoms with Crippen molar-refractivity contribution in [3.8, 4) is 23.0 Å². The number of pyridine rings is 1. The fraction of sp³-hybridized carbons (Fsp3) is 0.238. The van der Waals surface area contributed by atoms with Crippen molar-refractivity contribution in [1.82, 2.24) is 35.0 Å². The van der Waals surface area contributed by atoms with Gasteiger partial charge in [0.05, 0.1) is 12.2 Å². The molecule has 0 saturated carbocycles. The van der Waals surface area contributed by atoms with Gasteiger partial charge in [-0.25, -0.2) is 4.68 Å². The van der Waals surface area contributed by atoms with Crippen LogP contribution in [0.15, 0.2) is 65.6 Å². The molecule has 1 unspecified atom stereocenters. The molecule has 3 aromatic heterocycles. The molecule has 0 aliphatic carbocycles. The molecular formula is C21H19N7O2. The van der Waals surface area contributed by atoms with Gasteiger partial charge in [0.15, 0.2) is 5.69 Å². The first-order valence-corrected chi connectivity index (χ1v) is 9.78. The predicted molar refractivity (Wildman–Crippen MR) is 107 cm³/mol. The first-order chi connectivity index (χ1) is 14.8. The summed E-state index contributed by atoms with van der Waals surface area (Å²) in [4.78, 5) is 23.0. The van der Waals surface area contributed by atoms with E-state index in [2.05, 4.69) is 25.4 Å². The third-order valence-corrected chi connectivity index (χ3v) is 5.17. The molecule has 0 bridgehead atoms. The summed E-state index contributed by atoms with van der Waals surface area (Å²) in [5, 5.41) is 12.5. The van der Waals surface area contributed by atoms with E-state index in [1.165, 1.54) is 0 Å². The lowest BCUT2D eigenvalue weighted by Crippen LogP contribution is -2.40. The highest BCUT2D eigenvalue weighted by atomic mass is 16.5. The van der Waals surface area contributed by atoms with Crippen LogP contribution in [0.5, 0.6) is 0 Å². The van der Waals surface area contributed by atoms with E-state index in [4.69, 9.17) is 4.52 Å². The number of carbonyl (C=O) groups is 1. The lowest BCUT2D eigenvalue weighted by molar-refractivity contribution is 0.0671. The molecule has 9 nitrogen and oxygen atoms in total. The third kappa shape index (κ3) is 3.57. The van der Waals surface area contributed by atoms with Crippen LogP contribution in [0.1, 0.15) is 29.2 Å². The summed E-state index contributed by atoms with van der Waals surface area (Å²) >= 11 is 0. The van der Waals surface area contributed by atoms with E-state index in [9.17, 15) is 4.79 Å². The molecule has 9 heteroatoms. The lowest BCUT2D eigenvalue weighted by Gasteiger charge is -2.32. The Labute approximate surface area is 172 Å². The molecule has 1 aliphatic heterocycles. The van der Waals surface area contributed by atoms with Crippen LogP contribution >= 0.6 is 0 Å². The molecule has 1 saturated heterocycles. The summed E-state index contributed by atoms with van der Waals surface area (Å²) in [6.07, 6.45) is 6.88. The van der Waals surface area contributed by atoms with Crippen molar-refractivity contribution in [2.45, 2.75) is 18.9 Å². The highest BCUT2D eigenvalue weighted by Crippen LogP contribution is 2.25. The molecule has 5 rings (SSSR count). The minimum atomic E-state index is 0.00634. The summed E-state index contributed by atoms with van der Waals surface area (Å²) in [7, 11) is 0. The van der Waals surface area contributed by atoms with Crippen molar-refractivity contribution in [3.05, 3.63) is 66.6 Å². The van der Waals surface area contributed by atoms with Gasteiger partial charge < -0.3 is 9.42 Å². The Morgan fingerprint density at radius 3 is 2.77 bits per heavy atom. The lowest BCUT2D eigenvalue weighted by atomic mass is 10.0. The minimum Gasteiger partial charge on any atom is -0.336 e. The summed E-state index contributed by atoms with van der Waals surface area (Å²) in [5.41, 5.74) is 2.03. The number of piperidine rings is 1. The normalized spacial score (nSPS) is 16.5. The van der Waals surface area contributed by atoms with Crippen LogP contribution in [0, 0.1) is 0 Å². The molecule has 4 heterocycles. The Morgan fingerprint density at radius 2 is 1.93 bits per heavy atom.